The number of ether oxygens (including phenoxy) is 1. The lowest BCUT2D eigenvalue weighted by atomic mass is 10.3. The van der Waals surface area contributed by atoms with Gasteiger partial charge in [-0.25, -0.2) is 4.99 Å². The molecule has 1 atom stereocenters. The van der Waals surface area contributed by atoms with Crippen molar-refractivity contribution in [2.24, 2.45) is 4.99 Å². The molecule has 0 bridgehead atoms. The molecule has 0 rings (SSSR count). The Hall–Kier alpha value is -0.600. The number of nitrogens with zero attached hydrogens (tertiary/aromatic N) is 1. The van der Waals surface area contributed by atoms with Crippen LogP contribution in [-0.2, 0) is 4.74 Å². The summed E-state index contributed by atoms with van der Waals surface area (Å²) in [6.45, 7) is 7.57. The van der Waals surface area contributed by atoms with Gasteiger partial charge >= 0.3 is 0 Å². The Balaban J connectivity index is 4.08. The number of rotatable bonds is 5. The highest BCUT2D eigenvalue weighted by molar-refractivity contribution is 6.65. The first kappa shape index (κ1) is 12.4. The van der Waals surface area contributed by atoms with Gasteiger partial charge in [-0.3, -0.25) is 0 Å². The monoisotopic (exact) mass is 201 g/mol. The molecule has 3 heteroatoms. The third kappa shape index (κ3) is 6.55. The van der Waals surface area contributed by atoms with E-state index in [1.807, 2.05) is 19.9 Å². The van der Waals surface area contributed by atoms with Crippen LogP contribution in [0.2, 0.25) is 0 Å². The van der Waals surface area contributed by atoms with E-state index in [2.05, 4.69) is 11.6 Å². The summed E-state index contributed by atoms with van der Waals surface area (Å²) < 4.78 is 5.05. The van der Waals surface area contributed by atoms with Crippen molar-refractivity contribution >= 4 is 16.8 Å². The van der Waals surface area contributed by atoms with Crippen LogP contribution in [0.1, 0.15) is 20.3 Å². The number of halogens is 1. The van der Waals surface area contributed by atoms with E-state index < -0.39 is 0 Å². The number of aliphatic imine (C=N–C) groups is 1. The van der Waals surface area contributed by atoms with Gasteiger partial charge in [-0.05, 0) is 19.9 Å². The standard InChI is InChI=1S/C10H16ClNO/c1-5-6-8(2)12-10(11)7-9(3)13-4/h5-6,9H,2,7H2,1,3-4H3/b6-5-,12-10+. The van der Waals surface area contributed by atoms with Crippen LogP contribution in [0.5, 0.6) is 0 Å². The molecule has 1 unspecified atom stereocenters. The first-order valence-corrected chi connectivity index (χ1v) is 4.55. The van der Waals surface area contributed by atoms with Crippen molar-refractivity contribution in [3.63, 3.8) is 0 Å². The molecule has 0 heterocycles. The minimum Gasteiger partial charge on any atom is -0.381 e. The molecule has 0 aliphatic heterocycles. The Morgan fingerprint density at radius 3 is 2.77 bits per heavy atom. The summed E-state index contributed by atoms with van der Waals surface area (Å²) in [4.78, 5) is 4.08. The average molecular weight is 202 g/mol. The van der Waals surface area contributed by atoms with Crippen LogP contribution in [0.3, 0.4) is 0 Å². The van der Waals surface area contributed by atoms with Gasteiger partial charge in [-0.1, -0.05) is 24.3 Å². The quantitative estimate of drug-likeness (QED) is 0.495. The normalized spacial score (nSPS) is 14.9. The van der Waals surface area contributed by atoms with Crippen LogP contribution in [-0.4, -0.2) is 18.4 Å². The van der Waals surface area contributed by atoms with Crippen LogP contribution < -0.4 is 0 Å². The zero-order valence-electron chi connectivity index (χ0n) is 8.38. The maximum Gasteiger partial charge on any atom is 0.109 e. The van der Waals surface area contributed by atoms with Crippen molar-refractivity contribution in [2.75, 3.05) is 7.11 Å². The third-order valence-corrected chi connectivity index (χ3v) is 1.72. The molecule has 0 aromatic carbocycles. The molecule has 74 valence electrons. The zero-order valence-corrected chi connectivity index (χ0v) is 9.14. The summed E-state index contributed by atoms with van der Waals surface area (Å²) in [7, 11) is 1.65. The lowest BCUT2D eigenvalue weighted by molar-refractivity contribution is 0.125. The summed E-state index contributed by atoms with van der Waals surface area (Å²) in [6, 6.07) is 0. The molecule has 0 aliphatic carbocycles. The molecule has 0 radical (unpaired) electrons. The van der Waals surface area contributed by atoms with Gasteiger partial charge in [0.2, 0.25) is 0 Å². The summed E-state index contributed by atoms with van der Waals surface area (Å²) >= 11 is 5.86. The Labute approximate surface area is 85.0 Å². The Bertz CT molecular complexity index is 221. The second-order valence-electron chi connectivity index (χ2n) is 2.73. The van der Waals surface area contributed by atoms with Gasteiger partial charge in [0.05, 0.1) is 11.8 Å². The zero-order chi connectivity index (χ0) is 10.3. The van der Waals surface area contributed by atoms with E-state index >= 15 is 0 Å². The lowest BCUT2D eigenvalue weighted by Crippen LogP contribution is -2.08. The summed E-state index contributed by atoms with van der Waals surface area (Å²) in [5.41, 5.74) is 0.663. The minimum atomic E-state index is 0.0923. The van der Waals surface area contributed by atoms with Gasteiger partial charge in [-0.2, -0.15) is 0 Å². The summed E-state index contributed by atoms with van der Waals surface area (Å²) in [6.07, 6.45) is 4.39. The van der Waals surface area contributed by atoms with E-state index in [4.69, 9.17) is 16.3 Å². The van der Waals surface area contributed by atoms with Crippen molar-refractivity contribution in [3.05, 3.63) is 24.4 Å². The second-order valence-corrected chi connectivity index (χ2v) is 3.17. The van der Waals surface area contributed by atoms with E-state index in [0.717, 1.165) is 0 Å². The Morgan fingerprint density at radius 2 is 2.31 bits per heavy atom. The molecule has 0 amide bonds. The Kier molecular flexibility index (Phi) is 6.55. The van der Waals surface area contributed by atoms with Crippen molar-refractivity contribution < 1.29 is 4.74 Å². The highest BCUT2D eigenvalue weighted by Gasteiger charge is 2.02. The number of allylic oxidation sites excluding steroid dienone is 2. The molecule has 13 heavy (non-hydrogen) atoms. The maximum absolute atomic E-state index is 5.86. The number of hydrogen-bond donors (Lipinski definition) is 0. The van der Waals surface area contributed by atoms with Gasteiger partial charge in [0.15, 0.2) is 0 Å². The van der Waals surface area contributed by atoms with Gasteiger partial charge in [0.25, 0.3) is 0 Å². The van der Waals surface area contributed by atoms with E-state index in [1.54, 1.807) is 13.2 Å². The van der Waals surface area contributed by atoms with Gasteiger partial charge in [-0.15, -0.1) is 0 Å². The van der Waals surface area contributed by atoms with Gasteiger partial charge in [0.1, 0.15) is 5.17 Å². The van der Waals surface area contributed by atoms with Gasteiger partial charge < -0.3 is 4.74 Å². The molecule has 0 saturated heterocycles. The molecule has 0 spiro atoms. The molecule has 0 fully saturated rings. The van der Waals surface area contributed by atoms with Crippen LogP contribution in [0.25, 0.3) is 0 Å². The van der Waals surface area contributed by atoms with Crippen molar-refractivity contribution in [2.45, 2.75) is 26.4 Å². The van der Waals surface area contributed by atoms with Gasteiger partial charge in [0, 0.05) is 13.5 Å². The molecular formula is C10H16ClNO. The van der Waals surface area contributed by atoms with Crippen LogP contribution in [0.4, 0.5) is 0 Å². The molecule has 0 aromatic heterocycles. The number of methoxy groups -OCH3 is 1. The second kappa shape index (κ2) is 6.87. The smallest absolute Gasteiger partial charge is 0.109 e. The lowest BCUT2D eigenvalue weighted by Gasteiger charge is -2.06. The highest BCUT2D eigenvalue weighted by atomic mass is 35.5. The topological polar surface area (TPSA) is 21.6 Å². The first-order chi connectivity index (χ1) is 6.10. The van der Waals surface area contributed by atoms with E-state index in [9.17, 15) is 0 Å². The molecule has 0 aliphatic rings. The third-order valence-electron chi connectivity index (χ3n) is 1.48. The summed E-state index contributed by atoms with van der Waals surface area (Å²) in [5.74, 6) is 0. The van der Waals surface area contributed by atoms with E-state index in [1.165, 1.54) is 0 Å². The van der Waals surface area contributed by atoms with Crippen molar-refractivity contribution in [1.82, 2.24) is 0 Å². The molecule has 2 nitrogen and oxygen atoms in total. The number of hydrogen-bond acceptors (Lipinski definition) is 2. The summed E-state index contributed by atoms with van der Waals surface area (Å²) in [5, 5.41) is 0.525. The van der Waals surface area contributed by atoms with Crippen LogP contribution >= 0.6 is 11.6 Å². The highest BCUT2D eigenvalue weighted by Crippen LogP contribution is 2.05. The first-order valence-electron chi connectivity index (χ1n) is 4.17. The molecule has 0 saturated carbocycles. The fourth-order valence-corrected chi connectivity index (χ4v) is 1.08. The predicted octanol–water partition coefficient (Wildman–Crippen LogP) is 3.14. The molecule has 0 N–H and O–H groups in total. The Morgan fingerprint density at radius 1 is 1.69 bits per heavy atom. The van der Waals surface area contributed by atoms with Crippen LogP contribution in [0, 0.1) is 0 Å². The predicted molar refractivity (Wildman–Crippen MR) is 58.3 cm³/mol. The van der Waals surface area contributed by atoms with Crippen molar-refractivity contribution in [1.29, 1.82) is 0 Å². The van der Waals surface area contributed by atoms with Crippen molar-refractivity contribution in [3.8, 4) is 0 Å². The molecule has 0 aromatic rings. The van der Waals surface area contributed by atoms with E-state index in [-0.39, 0.29) is 6.10 Å². The van der Waals surface area contributed by atoms with Crippen LogP contribution in [0.15, 0.2) is 29.4 Å². The fraction of sp³-hybridized carbons (Fsp3) is 0.500. The molecular weight excluding hydrogens is 186 g/mol. The fourth-order valence-electron chi connectivity index (χ4n) is 0.752. The largest absolute Gasteiger partial charge is 0.381 e. The van der Waals surface area contributed by atoms with E-state index in [0.29, 0.717) is 17.3 Å². The minimum absolute atomic E-state index is 0.0923. The maximum atomic E-state index is 5.86. The SMILES string of the molecule is C=C(/C=C\C)/N=C(/Cl)CC(C)OC. The average Bonchev–Trinajstić information content (AvgIpc) is 2.04.